The third-order valence-electron chi connectivity index (χ3n) is 4.37. The van der Waals surface area contributed by atoms with E-state index in [4.69, 9.17) is 0 Å². The summed E-state index contributed by atoms with van der Waals surface area (Å²) in [7, 11) is 1.88. The van der Waals surface area contributed by atoms with Crippen LogP contribution in [-0.4, -0.2) is 42.6 Å². The monoisotopic (exact) mass is 325 g/mol. The molecule has 1 fully saturated rings. The lowest BCUT2D eigenvalue weighted by atomic mass is 10.00. The smallest absolute Gasteiger partial charge is 0.266 e. The Labute approximate surface area is 138 Å². The number of hydrogen-bond donors (Lipinski definition) is 0. The molecule has 124 valence electrons. The van der Waals surface area contributed by atoms with Gasteiger partial charge >= 0.3 is 0 Å². The highest BCUT2D eigenvalue weighted by molar-refractivity contribution is 5.87. The van der Waals surface area contributed by atoms with Gasteiger partial charge in [-0.3, -0.25) is 9.48 Å². The van der Waals surface area contributed by atoms with Crippen molar-refractivity contribution in [2.24, 2.45) is 13.0 Å². The minimum absolute atomic E-state index is 0.0495. The zero-order valence-electron chi connectivity index (χ0n) is 14.0. The van der Waals surface area contributed by atoms with Crippen molar-refractivity contribution in [3.05, 3.63) is 40.2 Å². The first-order valence-electron chi connectivity index (χ1n) is 7.97. The van der Waals surface area contributed by atoms with E-state index in [9.17, 15) is 4.79 Å². The minimum Gasteiger partial charge on any atom is -0.355 e. The predicted molar refractivity (Wildman–Crippen MR) is 90.0 cm³/mol. The van der Waals surface area contributed by atoms with Crippen LogP contribution in [0.4, 0.5) is 5.82 Å². The van der Waals surface area contributed by atoms with Crippen LogP contribution in [0.1, 0.15) is 11.5 Å². The summed E-state index contributed by atoms with van der Waals surface area (Å²) in [5.74, 6) is 2.05. The van der Waals surface area contributed by atoms with Crippen LogP contribution in [0.25, 0.3) is 11.0 Å². The van der Waals surface area contributed by atoms with Crippen molar-refractivity contribution in [2.45, 2.75) is 20.4 Å². The van der Waals surface area contributed by atoms with Crippen LogP contribution in [0, 0.1) is 19.8 Å². The van der Waals surface area contributed by atoms with Gasteiger partial charge in [0, 0.05) is 32.1 Å². The Hall–Kier alpha value is -2.77. The van der Waals surface area contributed by atoms with Crippen molar-refractivity contribution in [3.8, 4) is 0 Å². The molecule has 4 heterocycles. The van der Waals surface area contributed by atoms with Crippen molar-refractivity contribution in [2.75, 3.05) is 18.0 Å². The lowest BCUT2D eigenvalue weighted by molar-refractivity contribution is 0.332. The van der Waals surface area contributed by atoms with Gasteiger partial charge in [-0.2, -0.15) is 10.2 Å². The number of hydrogen-bond acceptors (Lipinski definition) is 6. The summed E-state index contributed by atoms with van der Waals surface area (Å²) >= 11 is 0. The second-order valence-corrected chi connectivity index (χ2v) is 6.37. The molecule has 8 heteroatoms. The Kier molecular flexibility index (Phi) is 3.33. The molecule has 1 aliphatic heterocycles. The molecule has 1 saturated heterocycles. The molecule has 0 amide bonds. The Balaban J connectivity index is 1.54. The Morgan fingerprint density at radius 3 is 2.79 bits per heavy atom. The van der Waals surface area contributed by atoms with Crippen LogP contribution in [0.5, 0.6) is 0 Å². The summed E-state index contributed by atoms with van der Waals surface area (Å²) in [6.07, 6.45) is 1.81. The molecule has 0 aromatic carbocycles. The van der Waals surface area contributed by atoms with Gasteiger partial charge in [-0.15, -0.1) is 0 Å². The van der Waals surface area contributed by atoms with Gasteiger partial charge in [-0.1, -0.05) is 0 Å². The molecule has 3 aromatic rings. The number of aryl methyl sites for hydroxylation is 3. The summed E-state index contributed by atoms with van der Waals surface area (Å²) in [5.41, 5.74) is 1.65. The molecule has 0 saturated carbocycles. The Bertz CT molecular complexity index is 968. The second-order valence-electron chi connectivity index (χ2n) is 6.37. The summed E-state index contributed by atoms with van der Waals surface area (Å²) in [6.45, 7) is 6.12. The van der Waals surface area contributed by atoms with Gasteiger partial charge < -0.3 is 4.90 Å². The van der Waals surface area contributed by atoms with E-state index >= 15 is 0 Å². The number of fused-ring (bicyclic) bond motifs is 1. The minimum atomic E-state index is -0.0495. The van der Waals surface area contributed by atoms with Gasteiger partial charge in [0.1, 0.15) is 11.6 Å². The van der Waals surface area contributed by atoms with E-state index in [-0.39, 0.29) is 5.56 Å². The molecule has 0 unspecified atom stereocenters. The van der Waals surface area contributed by atoms with Gasteiger partial charge in [-0.05, 0) is 19.9 Å². The molecule has 0 atom stereocenters. The molecule has 1 aliphatic rings. The largest absolute Gasteiger partial charge is 0.355 e. The van der Waals surface area contributed by atoms with Gasteiger partial charge in [0.2, 0.25) is 0 Å². The first-order valence-corrected chi connectivity index (χ1v) is 7.97. The summed E-state index contributed by atoms with van der Waals surface area (Å²) in [4.78, 5) is 23.1. The molecule has 3 aromatic heterocycles. The fourth-order valence-corrected chi connectivity index (χ4v) is 3.14. The zero-order chi connectivity index (χ0) is 16.8. The zero-order valence-corrected chi connectivity index (χ0v) is 14.0. The molecule has 0 radical (unpaired) electrons. The Morgan fingerprint density at radius 2 is 2.00 bits per heavy atom. The molecular weight excluding hydrogens is 306 g/mol. The maximum absolute atomic E-state index is 11.9. The van der Waals surface area contributed by atoms with Crippen LogP contribution in [0.2, 0.25) is 0 Å². The Morgan fingerprint density at radius 1 is 1.21 bits per heavy atom. The average Bonchev–Trinajstić information content (AvgIpc) is 2.87. The molecule has 0 N–H and O–H groups in total. The molecule has 4 rings (SSSR count). The van der Waals surface area contributed by atoms with E-state index in [0.29, 0.717) is 12.5 Å². The van der Waals surface area contributed by atoms with Crippen LogP contribution < -0.4 is 10.5 Å². The van der Waals surface area contributed by atoms with Crippen molar-refractivity contribution in [3.63, 3.8) is 0 Å². The van der Waals surface area contributed by atoms with Gasteiger partial charge in [0.25, 0.3) is 5.56 Å². The number of aromatic nitrogens is 6. The maximum atomic E-state index is 11.9. The second kappa shape index (κ2) is 5.40. The molecule has 0 bridgehead atoms. The van der Waals surface area contributed by atoms with E-state index < -0.39 is 0 Å². The third kappa shape index (κ3) is 2.44. The standard InChI is InChI=1S/C16H19N7O/c1-10-4-5-14(24)23(20-10)9-12-7-22(8-12)16-13-6-17-21(3)15(13)18-11(2)19-16/h4-6,12H,7-9H2,1-3H3. The number of rotatable bonds is 3. The quantitative estimate of drug-likeness (QED) is 0.704. The van der Waals surface area contributed by atoms with Gasteiger partial charge in [-0.25, -0.2) is 14.6 Å². The van der Waals surface area contributed by atoms with Crippen LogP contribution in [0.15, 0.2) is 23.1 Å². The van der Waals surface area contributed by atoms with Crippen molar-refractivity contribution in [1.82, 2.24) is 29.5 Å². The SMILES string of the molecule is Cc1ccc(=O)n(CC2CN(c3nc(C)nc4c3cnn4C)C2)n1. The van der Waals surface area contributed by atoms with E-state index in [0.717, 1.165) is 41.5 Å². The summed E-state index contributed by atoms with van der Waals surface area (Å²) < 4.78 is 3.32. The van der Waals surface area contributed by atoms with Crippen LogP contribution >= 0.6 is 0 Å². The normalized spacial score (nSPS) is 15.0. The third-order valence-corrected chi connectivity index (χ3v) is 4.37. The first-order chi connectivity index (χ1) is 11.5. The van der Waals surface area contributed by atoms with E-state index in [1.165, 1.54) is 0 Å². The topological polar surface area (TPSA) is 81.7 Å². The van der Waals surface area contributed by atoms with Crippen molar-refractivity contribution < 1.29 is 0 Å². The number of nitrogens with zero attached hydrogens (tertiary/aromatic N) is 7. The highest BCUT2D eigenvalue weighted by atomic mass is 16.1. The van der Waals surface area contributed by atoms with Crippen LogP contribution in [-0.2, 0) is 13.6 Å². The van der Waals surface area contributed by atoms with Crippen molar-refractivity contribution in [1.29, 1.82) is 0 Å². The predicted octanol–water partition coefficient (Wildman–Crippen LogP) is 0.673. The van der Waals surface area contributed by atoms with E-state index in [2.05, 4.69) is 25.1 Å². The van der Waals surface area contributed by atoms with Crippen LogP contribution in [0.3, 0.4) is 0 Å². The van der Waals surface area contributed by atoms with E-state index in [1.54, 1.807) is 21.5 Å². The molecular formula is C16H19N7O. The molecule has 24 heavy (non-hydrogen) atoms. The lowest BCUT2D eigenvalue weighted by Crippen LogP contribution is -2.50. The fraction of sp³-hybridized carbons (Fsp3) is 0.438. The van der Waals surface area contributed by atoms with E-state index in [1.807, 2.05) is 27.1 Å². The van der Waals surface area contributed by atoms with Crippen molar-refractivity contribution >= 4 is 16.9 Å². The number of anilines is 1. The maximum Gasteiger partial charge on any atom is 0.266 e. The van der Waals surface area contributed by atoms with Gasteiger partial charge in [0.05, 0.1) is 23.8 Å². The first kappa shape index (κ1) is 14.8. The molecule has 8 nitrogen and oxygen atoms in total. The highest BCUT2D eigenvalue weighted by Crippen LogP contribution is 2.29. The highest BCUT2D eigenvalue weighted by Gasteiger charge is 2.30. The average molecular weight is 325 g/mol. The fourth-order valence-electron chi connectivity index (χ4n) is 3.14. The van der Waals surface area contributed by atoms with Gasteiger partial charge in [0.15, 0.2) is 5.65 Å². The summed E-state index contributed by atoms with van der Waals surface area (Å²) in [5, 5.41) is 9.55. The molecule has 0 spiro atoms. The lowest BCUT2D eigenvalue weighted by Gasteiger charge is -2.40. The molecule has 0 aliphatic carbocycles. The summed E-state index contributed by atoms with van der Waals surface area (Å²) in [6, 6.07) is 3.32.